The standard InChI is InChI=1S/C26H33N5O4/c1-35-23-10-8-21(9-11-23)30-17-15-29(16-18-30)14-12-27-25(33)26(34)28-20-5-4-6-22(19-20)31-13-3-2-7-24(31)32/h4-6,8-11,19H,2-3,7,12-18H2,1H3,(H,27,33)(H,28,34). The van der Waals surface area contributed by atoms with Gasteiger partial charge in [-0.3, -0.25) is 19.3 Å². The molecule has 35 heavy (non-hydrogen) atoms. The topological polar surface area (TPSA) is 94.2 Å². The third-order valence-corrected chi connectivity index (χ3v) is 6.47. The number of piperidine rings is 1. The lowest BCUT2D eigenvalue weighted by Crippen LogP contribution is -2.49. The van der Waals surface area contributed by atoms with Crippen LogP contribution in [-0.4, -0.2) is 75.5 Å². The van der Waals surface area contributed by atoms with E-state index >= 15 is 0 Å². The number of methoxy groups -OCH3 is 1. The second-order valence-corrected chi connectivity index (χ2v) is 8.79. The van der Waals surface area contributed by atoms with Crippen LogP contribution in [-0.2, 0) is 14.4 Å². The van der Waals surface area contributed by atoms with Crippen molar-refractivity contribution in [2.45, 2.75) is 19.3 Å². The normalized spacial score (nSPS) is 16.7. The molecular formula is C26H33N5O4. The number of amides is 3. The lowest BCUT2D eigenvalue weighted by molar-refractivity contribution is -0.136. The highest BCUT2D eigenvalue weighted by atomic mass is 16.5. The zero-order valence-corrected chi connectivity index (χ0v) is 20.2. The van der Waals surface area contributed by atoms with Crippen molar-refractivity contribution in [2.24, 2.45) is 0 Å². The van der Waals surface area contributed by atoms with Gasteiger partial charge in [0.1, 0.15) is 5.75 Å². The van der Waals surface area contributed by atoms with Crippen LogP contribution in [0.5, 0.6) is 5.75 Å². The van der Waals surface area contributed by atoms with E-state index in [2.05, 4.69) is 32.6 Å². The van der Waals surface area contributed by atoms with Gasteiger partial charge in [-0.25, -0.2) is 0 Å². The molecule has 0 saturated carbocycles. The zero-order valence-electron chi connectivity index (χ0n) is 20.2. The first-order valence-corrected chi connectivity index (χ1v) is 12.1. The maximum Gasteiger partial charge on any atom is 0.313 e. The molecule has 0 atom stereocenters. The predicted octanol–water partition coefficient (Wildman–Crippen LogP) is 2.09. The molecule has 2 saturated heterocycles. The zero-order chi connectivity index (χ0) is 24.6. The highest BCUT2D eigenvalue weighted by Crippen LogP contribution is 2.24. The average Bonchev–Trinajstić information content (AvgIpc) is 2.89. The Kier molecular flexibility index (Phi) is 8.20. The molecule has 9 heteroatoms. The first kappa shape index (κ1) is 24.5. The van der Waals surface area contributed by atoms with E-state index in [0.29, 0.717) is 31.7 Å². The van der Waals surface area contributed by atoms with Crippen LogP contribution in [0.25, 0.3) is 0 Å². The maximum atomic E-state index is 12.4. The van der Waals surface area contributed by atoms with Gasteiger partial charge >= 0.3 is 11.8 Å². The Hall–Kier alpha value is -3.59. The molecule has 2 aliphatic heterocycles. The Balaban J connectivity index is 1.18. The summed E-state index contributed by atoms with van der Waals surface area (Å²) in [5, 5.41) is 5.34. The monoisotopic (exact) mass is 479 g/mol. The molecule has 4 rings (SSSR count). The molecule has 2 aromatic rings. The van der Waals surface area contributed by atoms with Gasteiger partial charge < -0.3 is 25.2 Å². The number of nitrogens with one attached hydrogen (secondary N) is 2. The number of benzene rings is 2. The molecule has 2 heterocycles. The lowest BCUT2D eigenvalue weighted by Gasteiger charge is -2.36. The number of hydrogen-bond donors (Lipinski definition) is 2. The van der Waals surface area contributed by atoms with Gasteiger partial charge in [-0.05, 0) is 55.3 Å². The van der Waals surface area contributed by atoms with Crippen molar-refractivity contribution in [3.63, 3.8) is 0 Å². The summed E-state index contributed by atoms with van der Waals surface area (Å²) in [6, 6.07) is 15.1. The number of rotatable bonds is 7. The fourth-order valence-corrected chi connectivity index (χ4v) is 4.45. The molecule has 0 radical (unpaired) electrons. The average molecular weight is 480 g/mol. The number of anilines is 3. The van der Waals surface area contributed by atoms with Gasteiger partial charge in [0.2, 0.25) is 5.91 Å². The van der Waals surface area contributed by atoms with E-state index in [9.17, 15) is 14.4 Å². The molecule has 0 unspecified atom stereocenters. The molecule has 2 N–H and O–H groups in total. The molecule has 2 fully saturated rings. The summed E-state index contributed by atoms with van der Waals surface area (Å²) in [7, 11) is 1.66. The van der Waals surface area contributed by atoms with E-state index in [-0.39, 0.29) is 5.91 Å². The maximum absolute atomic E-state index is 12.4. The summed E-state index contributed by atoms with van der Waals surface area (Å²) in [6.45, 7) is 5.32. The molecule has 0 spiro atoms. The summed E-state index contributed by atoms with van der Waals surface area (Å²) >= 11 is 0. The van der Waals surface area contributed by atoms with Crippen LogP contribution < -0.4 is 25.2 Å². The first-order valence-electron chi connectivity index (χ1n) is 12.1. The molecule has 9 nitrogen and oxygen atoms in total. The van der Waals surface area contributed by atoms with Crippen LogP contribution in [0.2, 0.25) is 0 Å². The number of ether oxygens (including phenoxy) is 1. The molecule has 0 aromatic heterocycles. The highest BCUT2D eigenvalue weighted by Gasteiger charge is 2.21. The second kappa shape index (κ2) is 11.7. The number of carbonyl (C=O) groups is 3. The number of hydrogen-bond acceptors (Lipinski definition) is 6. The summed E-state index contributed by atoms with van der Waals surface area (Å²) in [4.78, 5) is 43.1. The molecular weight excluding hydrogens is 446 g/mol. The van der Waals surface area contributed by atoms with Crippen LogP contribution in [0.15, 0.2) is 48.5 Å². The van der Waals surface area contributed by atoms with Crippen molar-refractivity contribution in [2.75, 3.05) is 68.0 Å². The van der Waals surface area contributed by atoms with Crippen LogP contribution in [0.1, 0.15) is 19.3 Å². The van der Waals surface area contributed by atoms with E-state index in [1.54, 1.807) is 30.2 Å². The van der Waals surface area contributed by atoms with E-state index in [0.717, 1.165) is 50.5 Å². The van der Waals surface area contributed by atoms with Crippen molar-refractivity contribution < 1.29 is 19.1 Å². The third kappa shape index (κ3) is 6.51. The van der Waals surface area contributed by atoms with E-state index < -0.39 is 11.8 Å². The lowest BCUT2D eigenvalue weighted by atomic mass is 10.1. The van der Waals surface area contributed by atoms with Crippen LogP contribution in [0, 0.1) is 0 Å². The number of carbonyl (C=O) groups excluding carboxylic acids is 3. The SMILES string of the molecule is COc1ccc(N2CCN(CCNC(=O)C(=O)Nc3cccc(N4CCCCC4=O)c3)CC2)cc1. The summed E-state index contributed by atoms with van der Waals surface area (Å²) in [6.07, 6.45) is 2.40. The summed E-state index contributed by atoms with van der Waals surface area (Å²) < 4.78 is 5.22. The number of nitrogens with zero attached hydrogens (tertiary/aromatic N) is 3. The summed E-state index contributed by atoms with van der Waals surface area (Å²) in [5.74, 6) is -0.447. The van der Waals surface area contributed by atoms with Gasteiger partial charge in [-0.15, -0.1) is 0 Å². The van der Waals surface area contributed by atoms with Gasteiger partial charge in [-0.2, -0.15) is 0 Å². The minimum Gasteiger partial charge on any atom is -0.497 e. The van der Waals surface area contributed by atoms with Gasteiger partial charge in [-0.1, -0.05) is 6.07 Å². The Morgan fingerprint density at radius 2 is 1.69 bits per heavy atom. The van der Waals surface area contributed by atoms with Gasteiger partial charge in [0, 0.05) is 69.3 Å². The van der Waals surface area contributed by atoms with Crippen molar-refractivity contribution >= 4 is 34.8 Å². The molecule has 2 aromatic carbocycles. The summed E-state index contributed by atoms with van der Waals surface area (Å²) in [5.41, 5.74) is 2.40. The molecule has 0 bridgehead atoms. The van der Waals surface area contributed by atoms with Gasteiger partial charge in [0.25, 0.3) is 0 Å². The first-order chi connectivity index (χ1) is 17.0. The van der Waals surface area contributed by atoms with Crippen LogP contribution in [0.4, 0.5) is 17.1 Å². The Morgan fingerprint density at radius 1 is 0.914 bits per heavy atom. The van der Waals surface area contributed by atoms with Gasteiger partial charge in [0.05, 0.1) is 7.11 Å². The van der Waals surface area contributed by atoms with Crippen LogP contribution in [0.3, 0.4) is 0 Å². The second-order valence-electron chi connectivity index (χ2n) is 8.79. The predicted molar refractivity (Wildman–Crippen MR) is 136 cm³/mol. The fraction of sp³-hybridized carbons (Fsp3) is 0.423. The largest absolute Gasteiger partial charge is 0.497 e. The smallest absolute Gasteiger partial charge is 0.313 e. The highest BCUT2D eigenvalue weighted by molar-refractivity contribution is 6.39. The molecule has 186 valence electrons. The Morgan fingerprint density at radius 3 is 2.40 bits per heavy atom. The third-order valence-electron chi connectivity index (χ3n) is 6.47. The molecule has 2 aliphatic rings. The minimum atomic E-state index is -0.712. The van der Waals surface area contributed by atoms with Crippen molar-refractivity contribution in [3.05, 3.63) is 48.5 Å². The fourth-order valence-electron chi connectivity index (χ4n) is 4.45. The quantitative estimate of drug-likeness (QED) is 0.591. The van der Waals surface area contributed by atoms with Crippen LogP contribution >= 0.6 is 0 Å². The minimum absolute atomic E-state index is 0.0855. The van der Waals surface area contributed by atoms with E-state index in [4.69, 9.17) is 4.74 Å². The van der Waals surface area contributed by atoms with Crippen molar-refractivity contribution in [1.29, 1.82) is 0 Å². The van der Waals surface area contributed by atoms with Crippen molar-refractivity contribution in [1.82, 2.24) is 10.2 Å². The molecule has 0 aliphatic carbocycles. The van der Waals surface area contributed by atoms with Crippen molar-refractivity contribution in [3.8, 4) is 5.75 Å². The van der Waals surface area contributed by atoms with E-state index in [1.165, 1.54) is 5.69 Å². The molecule has 3 amide bonds. The van der Waals surface area contributed by atoms with E-state index in [1.807, 2.05) is 18.2 Å². The number of piperazine rings is 1. The van der Waals surface area contributed by atoms with Gasteiger partial charge in [0.15, 0.2) is 0 Å². The Bertz CT molecular complexity index is 1030. The Labute approximate surface area is 206 Å².